The predicted molar refractivity (Wildman–Crippen MR) is 114 cm³/mol. The fourth-order valence-corrected chi connectivity index (χ4v) is 4.30. The molecule has 5 atom stereocenters. The van der Waals surface area contributed by atoms with Crippen molar-refractivity contribution in [2.24, 2.45) is 17.8 Å². The fraction of sp³-hybridized carbons (Fsp3) is 0.375. The maximum absolute atomic E-state index is 13.4. The minimum absolute atomic E-state index is 0.133. The lowest BCUT2D eigenvalue weighted by Crippen LogP contribution is -2.46. The number of allylic oxidation sites excluding steroid dienone is 2. The zero-order chi connectivity index (χ0) is 22.8. The van der Waals surface area contributed by atoms with Gasteiger partial charge in [-0.3, -0.25) is 24.2 Å². The summed E-state index contributed by atoms with van der Waals surface area (Å²) in [5.41, 5.74) is 0.248. The number of esters is 1. The molecule has 1 fully saturated rings. The van der Waals surface area contributed by atoms with Crippen LogP contribution in [0.25, 0.3) is 10.8 Å². The summed E-state index contributed by atoms with van der Waals surface area (Å²) in [5.74, 6) is -4.16. The number of amides is 1. The molecular weight excluding hydrogens is 412 g/mol. The quantitative estimate of drug-likeness (QED) is 0.318. The maximum atomic E-state index is 13.4. The monoisotopic (exact) mass is 436 g/mol. The van der Waals surface area contributed by atoms with E-state index in [4.69, 9.17) is 0 Å². The fourth-order valence-electron chi connectivity index (χ4n) is 4.30. The van der Waals surface area contributed by atoms with E-state index in [1.165, 1.54) is 0 Å². The number of Topliss-reactive ketones (excluding diaryl/α,β-unsaturated/α-hetero) is 2. The van der Waals surface area contributed by atoms with Crippen molar-refractivity contribution in [2.75, 3.05) is 0 Å². The van der Waals surface area contributed by atoms with Crippen LogP contribution in [-0.4, -0.2) is 45.9 Å². The molecule has 0 bridgehead atoms. The highest BCUT2D eigenvalue weighted by Crippen LogP contribution is 2.30. The molecule has 4 rings (SSSR count). The molecule has 32 heavy (non-hydrogen) atoms. The van der Waals surface area contributed by atoms with Gasteiger partial charge in [-0.15, -0.1) is 0 Å². The van der Waals surface area contributed by atoms with E-state index in [-0.39, 0.29) is 30.1 Å². The first kappa shape index (κ1) is 21.8. The highest BCUT2D eigenvalue weighted by molar-refractivity contribution is 6.16. The number of ketones is 2. The summed E-state index contributed by atoms with van der Waals surface area (Å²) in [7, 11) is 0. The Morgan fingerprint density at radius 1 is 1.16 bits per heavy atom. The molecule has 1 amide bonds. The molecule has 2 aliphatic rings. The normalized spacial score (nSPS) is 26.4. The lowest BCUT2D eigenvalue weighted by Gasteiger charge is -2.25. The summed E-state index contributed by atoms with van der Waals surface area (Å²) in [6.07, 6.45) is 4.19. The minimum Gasteiger partial charge on any atom is -0.434 e. The summed E-state index contributed by atoms with van der Waals surface area (Å²) in [6, 6.07) is 8.32. The van der Waals surface area contributed by atoms with Gasteiger partial charge in [0.25, 0.3) is 0 Å². The average Bonchev–Trinajstić information content (AvgIpc) is 2.98. The molecule has 2 N–H and O–H groups in total. The number of pyridine rings is 1. The second kappa shape index (κ2) is 9.00. The first-order valence-corrected chi connectivity index (χ1v) is 10.6. The maximum Gasteiger partial charge on any atom is 0.310 e. The average molecular weight is 436 g/mol. The van der Waals surface area contributed by atoms with Crippen LogP contribution in [0.5, 0.6) is 0 Å². The van der Waals surface area contributed by atoms with Gasteiger partial charge in [-0.2, -0.15) is 0 Å². The number of cyclic esters (lactones) is 1. The van der Waals surface area contributed by atoms with E-state index in [1.807, 2.05) is 30.3 Å². The van der Waals surface area contributed by atoms with Crippen LogP contribution in [0, 0.1) is 17.8 Å². The molecule has 0 saturated carbocycles. The zero-order valence-electron chi connectivity index (χ0n) is 17.6. The lowest BCUT2D eigenvalue weighted by atomic mass is 9.79. The van der Waals surface area contributed by atoms with Crippen molar-refractivity contribution in [1.82, 2.24) is 10.3 Å². The molecule has 5 unspecified atom stereocenters. The van der Waals surface area contributed by atoms with Crippen molar-refractivity contribution in [2.45, 2.75) is 38.5 Å². The van der Waals surface area contributed by atoms with Crippen LogP contribution in [0.4, 0.5) is 0 Å². The molecule has 2 aromatic rings. The van der Waals surface area contributed by atoms with Gasteiger partial charge in [0.2, 0.25) is 12.2 Å². The summed E-state index contributed by atoms with van der Waals surface area (Å²) < 4.78 is 4.65. The molecule has 1 saturated heterocycles. The minimum atomic E-state index is -1.41. The Hall–Kier alpha value is -3.39. The van der Waals surface area contributed by atoms with Gasteiger partial charge in [-0.05, 0) is 24.3 Å². The molecule has 1 aromatic carbocycles. The molecule has 1 aliphatic heterocycles. The van der Waals surface area contributed by atoms with E-state index >= 15 is 0 Å². The molecule has 2 heterocycles. The summed E-state index contributed by atoms with van der Waals surface area (Å²) in [4.78, 5) is 55.1. The number of aliphatic hydroxyl groups excluding tert-OH is 1. The Morgan fingerprint density at radius 2 is 1.91 bits per heavy atom. The van der Waals surface area contributed by atoms with Crippen molar-refractivity contribution < 1.29 is 29.0 Å². The van der Waals surface area contributed by atoms with Gasteiger partial charge >= 0.3 is 5.97 Å². The van der Waals surface area contributed by atoms with E-state index < -0.39 is 42.0 Å². The molecule has 8 heteroatoms. The van der Waals surface area contributed by atoms with Crippen molar-refractivity contribution in [3.05, 3.63) is 54.4 Å². The van der Waals surface area contributed by atoms with Gasteiger partial charge in [-0.1, -0.05) is 43.3 Å². The first-order valence-electron chi connectivity index (χ1n) is 10.6. The molecular formula is C24H24N2O6. The number of aliphatic hydroxyl groups is 1. The smallest absolute Gasteiger partial charge is 0.310 e. The molecule has 8 nitrogen and oxygen atoms in total. The van der Waals surface area contributed by atoms with E-state index in [9.17, 15) is 24.3 Å². The van der Waals surface area contributed by atoms with Crippen LogP contribution in [0.1, 0.15) is 36.7 Å². The third-order valence-electron chi connectivity index (χ3n) is 6.19. The number of nitrogens with zero attached hydrogens (tertiary/aromatic N) is 1. The van der Waals surface area contributed by atoms with Crippen LogP contribution in [-0.2, 0) is 19.1 Å². The van der Waals surface area contributed by atoms with Crippen LogP contribution in [0.3, 0.4) is 0 Å². The SMILES string of the molecule is CC(C(=O)NC1CC(=O)OC1O)C1CC=CCC(C(=O)c2nccc3ccccc23)C1=O. The van der Waals surface area contributed by atoms with Crippen LogP contribution in [0.2, 0.25) is 0 Å². The highest BCUT2D eigenvalue weighted by Gasteiger charge is 2.41. The van der Waals surface area contributed by atoms with Crippen molar-refractivity contribution in [1.29, 1.82) is 0 Å². The summed E-state index contributed by atoms with van der Waals surface area (Å²) in [5, 5.41) is 13.9. The number of ether oxygens (including phenoxy) is 1. The van der Waals surface area contributed by atoms with E-state index in [2.05, 4.69) is 15.0 Å². The zero-order valence-corrected chi connectivity index (χ0v) is 17.6. The third-order valence-corrected chi connectivity index (χ3v) is 6.19. The molecule has 0 spiro atoms. The number of rotatable bonds is 5. The number of hydrogen-bond donors (Lipinski definition) is 2. The Bertz CT molecular complexity index is 1110. The van der Waals surface area contributed by atoms with Gasteiger partial charge < -0.3 is 15.2 Å². The third kappa shape index (κ3) is 4.18. The van der Waals surface area contributed by atoms with E-state index in [0.717, 1.165) is 5.39 Å². The van der Waals surface area contributed by atoms with Gasteiger partial charge in [0.15, 0.2) is 5.78 Å². The number of benzene rings is 1. The van der Waals surface area contributed by atoms with Gasteiger partial charge in [-0.25, -0.2) is 0 Å². The summed E-state index contributed by atoms with van der Waals surface area (Å²) in [6.45, 7) is 1.61. The Balaban J connectivity index is 1.54. The number of nitrogens with one attached hydrogen (secondary N) is 1. The van der Waals surface area contributed by atoms with Crippen LogP contribution in [0.15, 0.2) is 48.7 Å². The Kier molecular flexibility index (Phi) is 6.14. The lowest BCUT2D eigenvalue weighted by molar-refractivity contribution is -0.155. The molecule has 1 aromatic heterocycles. The standard InChI is InChI=1S/C24H24N2O6/c1-13(23(30)26-18-12-19(27)32-24(18)31)15-7-4-5-9-17(21(15)28)22(29)20-16-8-3-2-6-14(16)10-11-25-20/h2-6,8,10-11,13,15,17-18,24,31H,7,9,12H2,1H3,(H,26,30). The molecule has 1 aliphatic carbocycles. The number of fused-ring (bicyclic) bond motifs is 1. The van der Waals surface area contributed by atoms with Crippen molar-refractivity contribution in [3.8, 4) is 0 Å². The first-order chi connectivity index (χ1) is 15.4. The topological polar surface area (TPSA) is 123 Å². The van der Waals surface area contributed by atoms with Gasteiger partial charge in [0.1, 0.15) is 17.5 Å². The Morgan fingerprint density at radius 3 is 2.66 bits per heavy atom. The van der Waals surface area contributed by atoms with E-state index in [0.29, 0.717) is 11.8 Å². The van der Waals surface area contributed by atoms with Crippen LogP contribution >= 0.6 is 0 Å². The predicted octanol–water partition coefficient (Wildman–Crippen LogP) is 1.96. The number of hydrogen-bond acceptors (Lipinski definition) is 7. The number of carbonyl (C=O) groups is 4. The molecule has 0 radical (unpaired) electrons. The summed E-state index contributed by atoms with van der Waals surface area (Å²) >= 11 is 0. The van der Waals surface area contributed by atoms with Gasteiger partial charge in [0.05, 0.1) is 12.3 Å². The second-order valence-electron chi connectivity index (χ2n) is 8.24. The highest BCUT2D eigenvalue weighted by atomic mass is 16.6. The van der Waals surface area contributed by atoms with Crippen molar-refractivity contribution in [3.63, 3.8) is 0 Å². The largest absolute Gasteiger partial charge is 0.434 e. The number of carbonyl (C=O) groups excluding carboxylic acids is 4. The number of aromatic nitrogens is 1. The van der Waals surface area contributed by atoms with E-state index in [1.54, 1.807) is 25.3 Å². The Labute approximate surface area is 184 Å². The molecule has 166 valence electrons. The van der Waals surface area contributed by atoms with Crippen LogP contribution < -0.4 is 5.32 Å². The second-order valence-corrected chi connectivity index (χ2v) is 8.24. The van der Waals surface area contributed by atoms with Gasteiger partial charge in [0, 0.05) is 23.4 Å². The van der Waals surface area contributed by atoms with Crippen molar-refractivity contribution >= 4 is 34.2 Å².